The van der Waals surface area contributed by atoms with Crippen LogP contribution >= 0.6 is 34.5 Å². The summed E-state index contributed by atoms with van der Waals surface area (Å²) in [6.45, 7) is 1.72. The number of nitrogens with zero attached hydrogens (tertiary/aromatic N) is 3. The van der Waals surface area contributed by atoms with Crippen LogP contribution in [0.25, 0.3) is 16.9 Å². The second-order valence-corrected chi connectivity index (χ2v) is 8.06. The molecule has 2 heterocycles. The van der Waals surface area contributed by atoms with E-state index in [1.54, 1.807) is 43.3 Å². The Labute approximate surface area is 185 Å². The lowest BCUT2D eigenvalue weighted by Crippen LogP contribution is -2.27. The number of hydrogen-bond donors (Lipinski definition) is 1. The van der Waals surface area contributed by atoms with E-state index in [0.29, 0.717) is 32.3 Å². The maximum Gasteiger partial charge on any atom is 0.281 e. The zero-order valence-corrected chi connectivity index (χ0v) is 17.9. The molecule has 2 aromatic heterocycles. The molecule has 0 atom stereocenters. The van der Waals surface area contributed by atoms with E-state index in [1.807, 2.05) is 17.5 Å². The Morgan fingerprint density at radius 3 is 2.57 bits per heavy atom. The molecule has 0 unspecified atom stereocenters. The summed E-state index contributed by atoms with van der Waals surface area (Å²) in [5, 5.41) is 10.1. The maximum absolute atomic E-state index is 12.7. The van der Waals surface area contributed by atoms with Crippen LogP contribution in [0.15, 0.2) is 64.8 Å². The molecule has 0 fully saturated rings. The number of thiazole rings is 1. The highest BCUT2D eigenvalue weighted by Gasteiger charge is 2.18. The summed E-state index contributed by atoms with van der Waals surface area (Å²) < 4.78 is 1.47. The molecule has 0 aliphatic heterocycles. The number of aromatic nitrogens is 3. The van der Waals surface area contributed by atoms with E-state index >= 15 is 0 Å². The van der Waals surface area contributed by atoms with Crippen molar-refractivity contribution in [3.05, 3.63) is 91.6 Å². The van der Waals surface area contributed by atoms with Gasteiger partial charge in [0.25, 0.3) is 5.91 Å². The smallest absolute Gasteiger partial charge is 0.281 e. The van der Waals surface area contributed by atoms with Crippen LogP contribution in [0.4, 0.5) is 5.13 Å². The highest BCUT2D eigenvalue weighted by Crippen LogP contribution is 2.26. The van der Waals surface area contributed by atoms with E-state index in [-0.39, 0.29) is 5.69 Å². The molecule has 0 aliphatic rings. The Kier molecular flexibility index (Phi) is 5.67. The van der Waals surface area contributed by atoms with E-state index in [1.165, 1.54) is 22.1 Å². The first-order valence-electron chi connectivity index (χ1n) is 8.81. The molecule has 9 heteroatoms. The number of carbonyl (C=O) groups excluding carboxylic acids is 1. The first kappa shape index (κ1) is 20.3. The summed E-state index contributed by atoms with van der Waals surface area (Å²) >= 11 is 13.4. The number of para-hydroxylation sites is 1. The summed E-state index contributed by atoms with van der Waals surface area (Å²) in [6, 6.07) is 15.6. The predicted octanol–water partition coefficient (Wildman–Crippen LogP) is 5.22. The number of rotatable bonds is 4. The lowest BCUT2D eigenvalue weighted by Gasteiger charge is -2.12. The van der Waals surface area contributed by atoms with Crippen molar-refractivity contribution in [2.45, 2.75) is 6.92 Å². The van der Waals surface area contributed by atoms with E-state index in [9.17, 15) is 9.59 Å². The Morgan fingerprint density at radius 2 is 1.83 bits per heavy atom. The van der Waals surface area contributed by atoms with Gasteiger partial charge in [-0.1, -0.05) is 47.5 Å². The van der Waals surface area contributed by atoms with Crippen molar-refractivity contribution in [1.82, 2.24) is 14.8 Å². The fraction of sp³-hybridized carbons (Fsp3) is 0.0476. The third-order valence-electron chi connectivity index (χ3n) is 4.27. The largest absolute Gasteiger partial charge is 0.296 e. The van der Waals surface area contributed by atoms with Gasteiger partial charge in [-0.15, -0.1) is 11.3 Å². The van der Waals surface area contributed by atoms with Crippen molar-refractivity contribution in [2.24, 2.45) is 0 Å². The van der Waals surface area contributed by atoms with Gasteiger partial charge >= 0.3 is 0 Å². The van der Waals surface area contributed by atoms with Gasteiger partial charge in [-0.25, -0.2) is 9.67 Å². The van der Waals surface area contributed by atoms with Crippen molar-refractivity contribution in [1.29, 1.82) is 0 Å². The lowest BCUT2D eigenvalue weighted by molar-refractivity contribution is 0.101. The molecule has 0 bridgehead atoms. The first-order valence-corrected chi connectivity index (χ1v) is 10.4. The van der Waals surface area contributed by atoms with Gasteiger partial charge in [-0.2, -0.15) is 5.10 Å². The van der Waals surface area contributed by atoms with Gasteiger partial charge in [-0.3, -0.25) is 14.9 Å². The van der Waals surface area contributed by atoms with Gasteiger partial charge in [0.1, 0.15) is 0 Å². The van der Waals surface area contributed by atoms with Crippen molar-refractivity contribution in [3.8, 4) is 16.9 Å². The average molecular weight is 457 g/mol. The second-order valence-electron chi connectivity index (χ2n) is 6.36. The molecular weight excluding hydrogens is 443 g/mol. The van der Waals surface area contributed by atoms with Crippen molar-refractivity contribution < 1.29 is 4.79 Å². The fourth-order valence-corrected chi connectivity index (χ4v) is 3.87. The molecule has 0 spiro atoms. The number of aryl methyl sites for hydroxylation is 1. The quantitative estimate of drug-likeness (QED) is 0.456. The van der Waals surface area contributed by atoms with Gasteiger partial charge < -0.3 is 0 Å². The van der Waals surface area contributed by atoms with E-state index in [2.05, 4.69) is 15.4 Å². The molecule has 2 aromatic carbocycles. The zero-order valence-electron chi connectivity index (χ0n) is 15.6. The molecule has 0 radical (unpaired) electrons. The minimum absolute atomic E-state index is 0.247. The molecular formula is C21H14Cl2N4O2S. The minimum atomic E-state index is -0.641. The summed E-state index contributed by atoms with van der Waals surface area (Å²) in [4.78, 5) is 29.5. The number of amides is 1. The molecule has 4 aromatic rings. The van der Waals surface area contributed by atoms with Crippen molar-refractivity contribution >= 4 is 45.6 Å². The summed E-state index contributed by atoms with van der Waals surface area (Å²) in [6.07, 6.45) is 0. The highest BCUT2D eigenvalue weighted by molar-refractivity contribution is 7.14. The number of benzene rings is 2. The van der Waals surface area contributed by atoms with Gasteiger partial charge in [0.05, 0.1) is 16.4 Å². The Bertz CT molecular complexity index is 1300. The van der Waals surface area contributed by atoms with E-state index in [0.717, 1.165) is 5.56 Å². The predicted molar refractivity (Wildman–Crippen MR) is 120 cm³/mol. The molecule has 0 aliphatic carbocycles. The third-order valence-corrected chi connectivity index (χ3v) is 5.60. The topological polar surface area (TPSA) is 76.9 Å². The van der Waals surface area contributed by atoms with Crippen LogP contribution in [0.5, 0.6) is 0 Å². The summed E-state index contributed by atoms with van der Waals surface area (Å²) in [7, 11) is 0. The number of hydrogen-bond acceptors (Lipinski definition) is 5. The number of anilines is 1. The third kappa shape index (κ3) is 4.14. The molecule has 4 rings (SSSR count). The van der Waals surface area contributed by atoms with Gasteiger partial charge in [0.2, 0.25) is 5.43 Å². The number of halogens is 2. The number of nitrogens with one attached hydrogen (secondary N) is 1. The maximum atomic E-state index is 12.7. The monoisotopic (exact) mass is 456 g/mol. The minimum Gasteiger partial charge on any atom is -0.296 e. The standard InChI is InChI=1S/C21H14Cl2N4O2S/c1-12-10-18(28)19(26-27(12)17-5-3-2-4-15(17)23)20(29)25-21-24-16(11-30-21)13-6-8-14(22)9-7-13/h2-11H,1H3,(H,24,25,29). The Balaban J connectivity index is 1.63. The molecule has 6 nitrogen and oxygen atoms in total. The second kappa shape index (κ2) is 8.39. The molecule has 0 saturated carbocycles. The van der Waals surface area contributed by atoms with Crippen LogP contribution < -0.4 is 10.7 Å². The van der Waals surface area contributed by atoms with Crippen LogP contribution in [0.1, 0.15) is 16.2 Å². The molecule has 150 valence electrons. The van der Waals surface area contributed by atoms with Gasteiger partial charge in [0, 0.05) is 27.7 Å². The van der Waals surface area contributed by atoms with Crippen LogP contribution in [0.3, 0.4) is 0 Å². The van der Waals surface area contributed by atoms with Gasteiger partial charge in [0.15, 0.2) is 10.8 Å². The summed E-state index contributed by atoms with van der Waals surface area (Å²) in [5.41, 5.74) is 1.96. The molecule has 1 N–H and O–H groups in total. The van der Waals surface area contributed by atoms with Crippen LogP contribution in [-0.2, 0) is 0 Å². The number of carbonyl (C=O) groups is 1. The SMILES string of the molecule is Cc1cc(=O)c(C(=O)Nc2nc(-c3ccc(Cl)cc3)cs2)nn1-c1ccccc1Cl. The fourth-order valence-electron chi connectivity index (χ4n) is 2.81. The van der Waals surface area contributed by atoms with Crippen molar-refractivity contribution in [3.63, 3.8) is 0 Å². The normalized spacial score (nSPS) is 10.8. The first-order chi connectivity index (χ1) is 14.4. The van der Waals surface area contributed by atoms with Crippen LogP contribution in [-0.4, -0.2) is 20.7 Å². The van der Waals surface area contributed by atoms with Crippen LogP contribution in [0, 0.1) is 6.92 Å². The van der Waals surface area contributed by atoms with Crippen LogP contribution in [0.2, 0.25) is 10.0 Å². The lowest BCUT2D eigenvalue weighted by atomic mass is 10.2. The average Bonchev–Trinajstić information content (AvgIpc) is 3.18. The van der Waals surface area contributed by atoms with Crippen molar-refractivity contribution in [2.75, 3.05) is 5.32 Å². The molecule has 30 heavy (non-hydrogen) atoms. The molecule has 0 saturated heterocycles. The van der Waals surface area contributed by atoms with Gasteiger partial charge in [-0.05, 0) is 31.2 Å². The Hall–Kier alpha value is -3.00. The zero-order chi connectivity index (χ0) is 21.3. The highest BCUT2D eigenvalue weighted by atomic mass is 35.5. The Morgan fingerprint density at radius 1 is 1.10 bits per heavy atom. The van der Waals surface area contributed by atoms with E-state index < -0.39 is 11.3 Å². The summed E-state index contributed by atoms with van der Waals surface area (Å²) in [5.74, 6) is -0.641. The molecule has 1 amide bonds. The van der Waals surface area contributed by atoms with E-state index in [4.69, 9.17) is 23.2 Å².